The topological polar surface area (TPSA) is 102 Å². The molecule has 0 atom stereocenters. The zero-order chi connectivity index (χ0) is 21.4. The number of aromatic nitrogens is 4. The molecular formula is C20H33N5O4. The predicted octanol–water partition coefficient (Wildman–Crippen LogP) is 2.21. The number of nitrogens with one attached hydrogen (secondary N) is 1. The summed E-state index contributed by atoms with van der Waals surface area (Å²) in [6.45, 7) is 5.82. The van der Waals surface area contributed by atoms with Crippen LogP contribution in [0, 0.1) is 11.8 Å². The van der Waals surface area contributed by atoms with Crippen LogP contribution >= 0.6 is 0 Å². The van der Waals surface area contributed by atoms with Crippen LogP contribution in [0.2, 0.25) is 0 Å². The van der Waals surface area contributed by atoms with Crippen LogP contribution in [0.15, 0.2) is 11.0 Å². The zero-order valence-corrected chi connectivity index (χ0v) is 18.1. The average Bonchev–Trinajstić information content (AvgIpc) is 3.07. The number of nitrogens with zero attached hydrogens (tertiary/aromatic N) is 4. The summed E-state index contributed by atoms with van der Waals surface area (Å²) in [4.78, 5) is 37.7. The molecule has 2 aromatic heterocycles. The number of esters is 1. The third-order valence-electron chi connectivity index (χ3n) is 5.29. The van der Waals surface area contributed by atoms with Crippen LogP contribution in [0.4, 0.5) is 5.95 Å². The molecule has 0 amide bonds. The van der Waals surface area contributed by atoms with E-state index in [1.54, 1.807) is 17.9 Å². The van der Waals surface area contributed by atoms with E-state index in [4.69, 9.17) is 9.47 Å². The lowest BCUT2D eigenvalue weighted by Gasteiger charge is -2.26. The number of carbonyl (C=O) groups excluding carboxylic acids is 1. The average molecular weight is 408 g/mol. The maximum Gasteiger partial charge on any atom is 0.327 e. The van der Waals surface area contributed by atoms with Gasteiger partial charge in [0.2, 0.25) is 5.95 Å². The summed E-state index contributed by atoms with van der Waals surface area (Å²) in [7, 11) is 4.97. The molecule has 0 aliphatic heterocycles. The Bertz CT molecular complexity index is 839. The summed E-state index contributed by atoms with van der Waals surface area (Å²) in [5, 5.41) is 0. The highest BCUT2D eigenvalue weighted by Gasteiger charge is 2.27. The molecule has 1 aliphatic carbocycles. The van der Waals surface area contributed by atoms with E-state index in [0.29, 0.717) is 42.7 Å². The first kappa shape index (κ1) is 22.9. The highest BCUT2D eigenvalue weighted by Crippen LogP contribution is 2.30. The van der Waals surface area contributed by atoms with Gasteiger partial charge in [0.05, 0.1) is 25.8 Å². The molecule has 2 heterocycles. The summed E-state index contributed by atoms with van der Waals surface area (Å²) in [6, 6.07) is 0. The molecule has 0 radical (unpaired) electrons. The van der Waals surface area contributed by atoms with Crippen molar-refractivity contribution in [2.75, 3.05) is 39.3 Å². The number of ether oxygens (including phenoxy) is 2. The molecule has 1 fully saturated rings. The Hall–Kier alpha value is -2.42. The largest absolute Gasteiger partial charge is 0.469 e. The first-order valence-electron chi connectivity index (χ1n) is 10.3. The lowest BCUT2D eigenvalue weighted by molar-refractivity contribution is -0.146. The lowest BCUT2D eigenvalue weighted by atomic mass is 9.82. The molecule has 0 unspecified atom stereocenters. The van der Waals surface area contributed by atoms with Gasteiger partial charge in [-0.3, -0.25) is 9.36 Å². The van der Waals surface area contributed by atoms with Crippen molar-refractivity contribution in [2.24, 2.45) is 11.8 Å². The minimum atomic E-state index is -0.175. The summed E-state index contributed by atoms with van der Waals surface area (Å²) >= 11 is 0. The lowest BCUT2D eigenvalue weighted by Crippen LogP contribution is -2.28. The van der Waals surface area contributed by atoms with Gasteiger partial charge in [-0.15, -0.1) is 0 Å². The van der Waals surface area contributed by atoms with Gasteiger partial charge in [-0.25, -0.2) is 9.78 Å². The Morgan fingerprint density at radius 1 is 1.28 bits per heavy atom. The van der Waals surface area contributed by atoms with E-state index in [9.17, 15) is 9.59 Å². The second kappa shape index (κ2) is 10.9. The summed E-state index contributed by atoms with van der Waals surface area (Å²) < 4.78 is 11.6. The van der Waals surface area contributed by atoms with Crippen LogP contribution in [-0.4, -0.2) is 59.9 Å². The Balaban J connectivity index is 0.00000145. The van der Waals surface area contributed by atoms with Gasteiger partial charge < -0.3 is 19.4 Å². The Morgan fingerprint density at radius 2 is 1.97 bits per heavy atom. The molecule has 9 nitrogen and oxygen atoms in total. The van der Waals surface area contributed by atoms with Crippen LogP contribution in [0.1, 0.15) is 39.5 Å². The second-order valence-corrected chi connectivity index (χ2v) is 7.10. The van der Waals surface area contributed by atoms with E-state index in [-0.39, 0.29) is 17.6 Å². The van der Waals surface area contributed by atoms with Crippen molar-refractivity contribution in [1.29, 1.82) is 0 Å². The normalized spacial score (nSPS) is 18.8. The number of rotatable bonds is 7. The van der Waals surface area contributed by atoms with Crippen molar-refractivity contribution in [1.82, 2.24) is 19.5 Å². The molecular weight excluding hydrogens is 374 g/mol. The molecule has 0 bridgehead atoms. The predicted molar refractivity (Wildman–Crippen MR) is 112 cm³/mol. The van der Waals surface area contributed by atoms with Crippen molar-refractivity contribution in [3.63, 3.8) is 0 Å². The van der Waals surface area contributed by atoms with Gasteiger partial charge in [0, 0.05) is 27.2 Å². The third-order valence-corrected chi connectivity index (χ3v) is 5.29. The number of likely N-dealkylation sites (N-methyl/N-ethyl adjacent to an activating group) is 1. The number of imidazole rings is 1. The number of fused-ring (bicyclic) bond motifs is 1. The number of hydrogen-bond donors (Lipinski definition) is 1. The molecule has 2 aromatic rings. The molecule has 0 spiro atoms. The van der Waals surface area contributed by atoms with Gasteiger partial charge in [-0.2, -0.15) is 4.98 Å². The maximum atomic E-state index is 12.4. The smallest absolute Gasteiger partial charge is 0.327 e. The van der Waals surface area contributed by atoms with Crippen LogP contribution in [0.3, 0.4) is 0 Å². The Morgan fingerprint density at radius 3 is 2.59 bits per heavy atom. The Labute approximate surface area is 171 Å². The molecule has 0 saturated heterocycles. The van der Waals surface area contributed by atoms with Crippen molar-refractivity contribution in [3.8, 4) is 0 Å². The minimum Gasteiger partial charge on any atom is -0.469 e. The van der Waals surface area contributed by atoms with Crippen molar-refractivity contribution < 1.29 is 14.3 Å². The van der Waals surface area contributed by atoms with E-state index in [1.165, 1.54) is 7.11 Å². The van der Waals surface area contributed by atoms with Gasteiger partial charge in [-0.05, 0) is 31.6 Å². The van der Waals surface area contributed by atoms with E-state index < -0.39 is 0 Å². The number of anilines is 1. The van der Waals surface area contributed by atoms with Gasteiger partial charge >= 0.3 is 11.7 Å². The van der Waals surface area contributed by atoms with Gasteiger partial charge in [0.1, 0.15) is 5.52 Å². The highest BCUT2D eigenvalue weighted by atomic mass is 16.5. The third kappa shape index (κ3) is 5.56. The van der Waals surface area contributed by atoms with E-state index in [2.05, 4.69) is 15.0 Å². The van der Waals surface area contributed by atoms with E-state index in [1.807, 2.05) is 25.8 Å². The second-order valence-electron chi connectivity index (χ2n) is 7.10. The van der Waals surface area contributed by atoms with E-state index in [0.717, 1.165) is 25.7 Å². The molecule has 1 aliphatic rings. The van der Waals surface area contributed by atoms with Gasteiger partial charge in [0.25, 0.3) is 0 Å². The number of carbonyl (C=O) groups is 1. The molecule has 29 heavy (non-hydrogen) atoms. The number of H-pyrrole nitrogens is 1. The van der Waals surface area contributed by atoms with Crippen LogP contribution in [-0.2, 0) is 20.8 Å². The maximum absolute atomic E-state index is 12.4. The zero-order valence-electron chi connectivity index (χ0n) is 18.1. The summed E-state index contributed by atoms with van der Waals surface area (Å²) in [5.74, 6) is 0.748. The monoisotopic (exact) mass is 407 g/mol. The summed E-state index contributed by atoms with van der Waals surface area (Å²) in [5.41, 5.74) is 1.07. The fraction of sp³-hybridized carbons (Fsp3) is 0.700. The van der Waals surface area contributed by atoms with Crippen molar-refractivity contribution in [2.45, 2.75) is 46.1 Å². The van der Waals surface area contributed by atoms with Crippen LogP contribution in [0.5, 0.6) is 0 Å². The first-order valence-corrected chi connectivity index (χ1v) is 10.3. The van der Waals surface area contributed by atoms with Gasteiger partial charge in [-0.1, -0.05) is 13.8 Å². The molecule has 9 heteroatoms. The van der Waals surface area contributed by atoms with E-state index >= 15 is 0 Å². The molecule has 3 rings (SSSR count). The Kier molecular flexibility index (Phi) is 8.63. The molecule has 1 saturated carbocycles. The number of methoxy groups -OCH3 is 2. The summed E-state index contributed by atoms with van der Waals surface area (Å²) in [6.07, 6.45) is 5.03. The van der Waals surface area contributed by atoms with Crippen molar-refractivity contribution in [3.05, 3.63) is 16.7 Å². The van der Waals surface area contributed by atoms with Crippen molar-refractivity contribution >= 4 is 23.1 Å². The SMILES string of the molecule is CC.COCCN(C)c1ncc2[nH]c(=O)n(CC3CCC(C(=O)OC)CC3)c2n1. The number of hydrogen-bond acceptors (Lipinski definition) is 7. The minimum absolute atomic E-state index is 0.0192. The van der Waals surface area contributed by atoms with Crippen LogP contribution < -0.4 is 10.6 Å². The highest BCUT2D eigenvalue weighted by molar-refractivity contribution is 5.72. The van der Waals surface area contributed by atoms with Crippen LogP contribution in [0.25, 0.3) is 11.2 Å². The quantitative estimate of drug-likeness (QED) is 0.702. The first-order chi connectivity index (χ1) is 14.0. The fourth-order valence-electron chi connectivity index (χ4n) is 3.62. The molecule has 1 N–H and O–H groups in total. The fourth-order valence-corrected chi connectivity index (χ4v) is 3.62. The molecule has 0 aromatic carbocycles. The molecule has 162 valence electrons. The standard InChI is InChI=1S/C18H27N5O4.C2H6/c1-22(8-9-26-2)17-19-10-14-15(21-17)23(18(25)20-14)11-12-4-6-13(7-5-12)16(24)27-3;1-2/h10,12-13H,4-9,11H2,1-3H3,(H,20,25);1-2H3. The van der Waals surface area contributed by atoms with Gasteiger partial charge in [0.15, 0.2) is 5.65 Å². The number of aromatic amines is 1.